The first-order valence-electron chi connectivity index (χ1n) is 5.84. The van der Waals surface area contributed by atoms with E-state index in [-0.39, 0.29) is 6.04 Å². The molecular formula is C10H22N3O3PS3. The van der Waals surface area contributed by atoms with Gasteiger partial charge in [0.1, 0.15) is 11.5 Å². The molecule has 0 heterocycles. The normalized spacial score (nSPS) is 15.3. The van der Waals surface area contributed by atoms with Gasteiger partial charge in [0.05, 0.1) is 5.88 Å². The standard InChI is InChI=1S/C10H22N3O3PS3/c1-8(2)13(17(5,18)15-4)20-7-11-10(14)16-12-9(3)19-6/h8H,7H2,1-6H3,(H,11,14)/b12-9+. The Labute approximate surface area is 134 Å². The summed E-state index contributed by atoms with van der Waals surface area (Å²) in [5.74, 6) is 0.348. The van der Waals surface area contributed by atoms with Crippen molar-refractivity contribution in [2.24, 2.45) is 5.16 Å². The summed E-state index contributed by atoms with van der Waals surface area (Å²) in [6, 6.07) is 0.213. The van der Waals surface area contributed by atoms with Crippen LogP contribution in [0.1, 0.15) is 20.8 Å². The Morgan fingerprint density at radius 2 is 2.15 bits per heavy atom. The molecule has 118 valence electrons. The first-order chi connectivity index (χ1) is 9.24. The Hall–Kier alpha value is 0.210. The van der Waals surface area contributed by atoms with Crippen LogP contribution >= 0.6 is 30.1 Å². The first kappa shape index (κ1) is 20.2. The summed E-state index contributed by atoms with van der Waals surface area (Å²) in [5, 5.41) is 6.93. The van der Waals surface area contributed by atoms with Gasteiger partial charge in [-0.25, -0.2) is 4.79 Å². The highest BCUT2D eigenvalue weighted by Gasteiger charge is 2.24. The smallest absolute Gasteiger partial charge is 0.341 e. The van der Waals surface area contributed by atoms with Gasteiger partial charge in [0.2, 0.25) is 0 Å². The fourth-order valence-corrected chi connectivity index (χ4v) is 5.01. The van der Waals surface area contributed by atoms with E-state index in [1.165, 1.54) is 23.7 Å². The summed E-state index contributed by atoms with van der Waals surface area (Å²) < 4.78 is 7.37. The molecule has 0 spiro atoms. The van der Waals surface area contributed by atoms with Crippen LogP contribution in [0.3, 0.4) is 0 Å². The molecule has 0 aliphatic heterocycles. The Kier molecular flexibility index (Phi) is 10.1. The molecule has 1 N–H and O–H groups in total. The third-order valence-electron chi connectivity index (χ3n) is 2.10. The van der Waals surface area contributed by atoms with Gasteiger partial charge in [-0.1, -0.05) is 17.1 Å². The van der Waals surface area contributed by atoms with Gasteiger partial charge in [0, 0.05) is 19.8 Å². The second kappa shape index (κ2) is 10.0. The molecule has 0 radical (unpaired) electrons. The molecule has 0 aromatic rings. The highest BCUT2D eigenvalue weighted by atomic mass is 32.5. The van der Waals surface area contributed by atoms with Crippen molar-refractivity contribution in [2.45, 2.75) is 26.8 Å². The Morgan fingerprint density at radius 1 is 1.55 bits per heavy atom. The van der Waals surface area contributed by atoms with Crippen molar-refractivity contribution in [1.29, 1.82) is 0 Å². The van der Waals surface area contributed by atoms with Gasteiger partial charge in [-0.3, -0.25) is 4.84 Å². The van der Waals surface area contributed by atoms with E-state index in [9.17, 15) is 4.79 Å². The molecule has 0 fully saturated rings. The maximum atomic E-state index is 11.4. The van der Waals surface area contributed by atoms with Crippen LogP contribution in [0.15, 0.2) is 5.16 Å². The summed E-state index contributed by atoms with van der Waals surface area (Å²) >= 11 is 8.28. The van der Waals surface area contributed by atoms with E-state index in [2.05, 4.69) is 15.3 Å². The van der Waals surface area contributed by atoms with Crippen molar-refractivity contribution in [3.63, 3.8) is 0 Å². The predicted octanol–water partition coefficient (Wildman–Crippen LogP) is 3.31. The Morgan fingerprint density at radius 3 is 2.60 bits per heavy atom. The number of rotatable bonds is 7. The Bertz CT molecular complexity index is 393. The molecule has 0 aromatic carbocycles. The lowest BCUT2D eigenvalue weighted by Gasteiger charge is -2.32. The minimum Gasteiger partial charge on any atom is -0.341 e. The van der Waals surface area contributed by atoms with Crippen molar-refractivity contribution >= 4 is 53.1 Å². The summed E-state index contributed by atoms with van der Waals surface area (Å²) in [6.07, 6.45) is -0.759. The fourth-order valence-electron chi connectivity index (χ4n) is 1.09. The van der Waals surface area contributed by atoms with Crippen LogP contribution < -0.4 is 5.32 Å². The van der Waals surface area contributed by atoms with E-state index in [0.717, 1.165) is 0 Å². The van der Waals surface area contributed by atoms with Crippen molar-refractivity contribution in [3.8, 4) is 0 Å². The Balaban J connectivity index is 4.26. The summed E-state index contributed by atoms with van der Waals surface area (Å²) in [6.45, 7) is 7.72. The number of thioether (sulfide) groups is 1. The number of oxime groups is 1. The molecule has 1 atom stereocenters. The monoisotopic (exact) mass is 359 g/mol. The van der Waals surface area contributed by atoms with Crippen molar-refractivity contribution in [2.75, 3.05) is 25.9 Å². The molecule has 0 bridgehead atoms. The van der Waals surface area contributed by atoms with Crippen LogP contribution in [-0.2, 0) is 21.2 Å². The number of carbonyl (C=O) groups excluding carboxylic acids is 1. The van der Waals surface area contributed by atoms with Crippen molar-refractivity contribution in [3.05, 3.63) is 0 Å². The number of nitrogens with zero attached hydrogens (tertiary/aromatic N) is 2. The molecular weight excluding hydrogens is 337 g/mol. The molecule has 10 heteroatoms. The lowest BCUT2D eigenvalue weighted by atomic mass is 10.4. The van der Waals surface area contributed by atoms with Gasteiger partial charge in [-0.2, -0.15) is 4.08 Å². The van der Waals surface area contributed by atoms with Gasteiger partial charge < -0.3 is 9.84 Å². The molecule has 1 unspecified atom stereocenters. The second-order valence-electron chi connectivity index (χ2n) is 4.03. The molecule has 0 aliphatic rings. The van der Waals surface area contributed by atoms with Gasteiger partial charge in [0.15, 0.2) is 0 Å². The molecule has 0 aliphatic carbocycles. The quantitative estimate of drug-likeness (QED) is 0.142. The van der Waals surface area contributed by atoms with Crippen molar-refractivity contribution < 1.29 is 14.2 Å². The summed E-state index contributed by atoms with van der Waals surface area (Å²) in [4.78, 5) is 16.1. The van der Waals surface area contributed by atoms with Gasteiger partial charge >= 0.3 is 6.09 Å². The number of hydrogen-bond donors (Lipinski definition) is 1. The molecule has 1 amide bonds. The molecule has 6 nitrogen and oxygen atoms in total. The highest BCUT2D eigenvalue weighted by Crippen LogP contribution is 2.51. The second-order valence-corrected chi connectivity index (χ2v) is 10.7. The molecule has 0 saturated heterocycles. The van der Waals surface area contributed by atoms with E-state index < -0.39 is 12.5 Å². The molecule has 0 saturated carbocycles. The van der Waals surface area contributed by atoms with Crippen LogP contribution in [0, 0.1) is 0 Å². The number of amides is 1. The van der Waals surface area contributed by atoms with Gasteiger partial charge in [-0.15, -0.1) is 11.8 Å². The lowest BCUT2D eigenvalue weighted by molar-refractivity contribution is 0.153. The van der Waals surface area contributed by atoms with Gasteiger partial charge in [0.25, 0.3) is 0 Å². The minimum absolute atomic E-state index is 0.213. The number of nitrogens with one attached hydrogen (secondary N) is 1. The van der Waals surface area contributed by atoms with Crippen molar-refractivity contribution in [1.82, 2.24) is 9.39 Å². The third kappa shape index (κ3) is 7.85. The van der Waals surface area contributed by atoms with Crippen LogP contribution in [0.2, 0.25) is 0 Å². The van der Waals surface area contributed by atoms with E-state index in [0.29, 0.717) is 10.9 Å². The first-order valence-corrected chi connectivity index (χ1v) is 11.1. The summed E-state index contributed by atoms with van der Waals surface area (Å²) in [5.41, 5.74) is 0. The average Bonchev–Trinajstić information content (AvgIpc) is 2.39. The van der Waals surface area contributed by atoms with E-state index >= 15 is 0 Å². The topological polar surface area (TPSA) is 63.2 Å². The van der Waals surface area contributed by atoms with Crippen LogP contribution in [0.5, 0.6) is 0 Å². The fraction of sp³-hybridized carbons (Fsp3) is 0.800. The zero-order valence-corrected chi connectivity index (χ0v) is 15.9. The molecule has 0 rings (SSSR count). The van der Waals surface area contributed by atoms with Crippen LogP contribution in [0.25, 0.3) is 0 Å². The predicted molar refractivity (Wildman–Crippen MR) is 92.9 cm³/mol. The third-order valence-corrected chi connectivity index (χ3v) is 8.15. The SMILES string of the molecule is COP(C)(=S)N(SCNC(=O)O/N=C(\C)SC)C(C)C. The molecule has 0 aromatic heterocycles. The van der Waals surface area contributed by atoms with Gasteiger partial charge in [-0.05, 0) is 38.8 Å². The maximum Gasteiger partial charge on any atom is 0.434 e. The number of hydrogen-bond acceptors (Lipinski definition) is 7. The van der Waals surface area contributed by atoms with E-state index in [1.54, 1.807) is 14.0 Å². The highest BCUT2D eigenvalue weighted by molar-refractivity contribution is 8.17. The zero-order valence-electron chi connectivity index (χ0n) is 12.6. The van der Waals surface area contributed by atoms with Crippen LogP contribution in [0.4, 0.5) is 4.79 Å². The number of carbonyl (C=O) groups is 1. The lowest BCUT2D eigenvalue weighted by Crippen LogP contribution is -2.28. The van der Waals surface area contributed by atoms with E-state index in [1.807, 2.05) is 30.8 Å². The maximum absolute atomic E-state index is 11.4. The van der Waals surface area contributed by atoms with Crippen LogP contribution in [-0.4, -0.2) is 47.2 Å². The summed E-state index contributed by atoms with van der Waals surface area (Å²) in [7, 11) is 1.61. The average molecular weight is 359 g/mol. The molecule has 20 heavy (non-hydrogen) atoms. The largest absolute Gasteiger partial charge is 0.434 e. The minimum atomic E-state index is -2.03. The van der Waals surface area contributed by atoms with E-state index in [4.69, 9.17) is 16.3 Å². The zero-order chi connectivity index (χ0) is 15.8.